The molecule has 0 atom stereocenters. The van der Waals surface area contributed by atoms with E-state index in [0.29, 0.717) is 10.9 Å². The molecule has 0 amide bonds. The first-order valence-corrected chi connectivity index (χ1v) is 6.91. The number of halogens is 1. The standard InChI is InChI=1S/C15H10ClN5O/c16-10-3-1-2-4-12(10)21-8-18-11-6-5-9(7-13(11)21)14-19-20-15(17)22-14/h1-8H,(H2,17,20). The zero-order chi connectivity index (χ0) is 15.1. The summed E-state index contributed by atoms with van der Waals surface area (Å²) in [6, 6.07) is 13.3. The van der Waals surface area contributed by atoms with Gasteiger partial charge in [-0.2, -0.15) is 0 Å². The van der Waals surface area contributed by atoms with Gasteiger partial charge in [0.1, 0.15) is 6.33 Å². The molecule has 0 saturated heterocycles. The average Bonchev–Trinajstić information content (AvgIpc) is 3.13. The second-order valence-electron chi connectivity index (χ2n) is 4.71. The Morgan fingerprint density at radius 1 is 1.09 bits per heavy atom. The molecular formula is C15H10ClN5O. The molecule has 0 aliphatic carbocycles. The lowest BCUT2D eigenvalue weighted by atomic mass is 10.2. The van der Waals surface area contributed by atoms with E-state index in [-0.39, 0.29) is 6.01 Å². The Kier molecular flexibility index (Phi) is 2.83. The summed E-state index contributed by atoms with van der Waals surface area (Å²) in [7, 11) is 0. The first kappa shape index (κ1) is 12.8. The molecule has 22 heavy (non-hydrogen) atoms. The highest BCUT2D eigenvalue weighted by Gasteiger charge is 2.12. The number of anilines is 1. The maximum Gasteiger partial charge on any atom is 0.313 e. The van der Waals surface area contributed by atoms with Gasteiger partial charge in [-0.1, -0.05) is 28.8 Å². The van der Waals surface area contributed by atoms with Crippen LogP contribution in [0.3, 0.4) is 0 Å². The maximum atomic E-state index is 6.27. The molecule has 2 aromatic heterocycles. The minimum Gasteiger partial charge on any atom is -0.404 e. The van der Waals surface area contributed by atoms with Gasteiger partial charge in [0.25, 0.3) is 0 Å². The summed E-state index contributed by atoms with van der Waals surface area (Å²) in [6.45, 7) is 0. The van der Waals surface area contributed by atoms with Crippen molar-refractivity contribution >= 4 is 28.6 Å². The minimum absolute atomic E-state index is 0.0368. The molecule has 0 radical (unpaired) electrons. The van der Waals surface area contributed by atoms with Crippen LogP contribution in [0.5, 0.6) is 0 Å². The van der Waals surface area contributed by atoms with Crippen molar-refractivity contribution in [2.75, 3.05) is 5.73 Å². The van der Waals surface area contributed by atoms with E-state index in [4.69, 9.17) is 21.8 Å². The van der Waals surface area contributed by atoms with E-state index >= 15 is 0 Å². The summed E-state index contributed by atoms with van der Waals surface area (Å²) in [5.74, 6) is 0.367. The number of fused-ring (bicyclic) bond motifs is 1. The Labute approximate surface area is 130 Å². The Bertz CT molecular complexity index is 975. The van der Waals surface area contributed by atoms with Crippen molar-refractivity contribution in [3.63, 3.8) is 0 Å². The summed E-state index contributed by atoms with van der Waals surface area (Å²) < 4.78 is 7.18. The van der Waals surface area contributed by atoms with Gasteiger partial charge in [-0.05, 0) is 30.3 Å². The van der Waals surface area contributed by atoms with Gasteiger partial charge in [-0.25, -0.2) is 4.98 Å². The largest absolute Gasteiger partial charge is 0.404 e. The fourth-order valence-electron chi connectivity index (χ4n) is 2.33. The molecule has 6 nitrogen and oxygen atoms in total. The fraction of sp³-hybridized carbons (Fsp3) is 0. The quantitative estimate of drug-likeness (QED) is 0.614. The third-order valence-electron chi connectivity index (χ3n) is 3.35. The zero-order valence-electron chi connectivity index (χ0n) is 11.3. The molecule has 4 aromatic rings. The molecule has 2 heterocycles. The van der Waals surface area contributed by atoms with Crippen LogP contribution in [0.15, 0.2) is 53.2 Å². The second kappa shape index (κ2) is 4.85. The molecule has 108 valence electrons. The van der Waals surface area contributed by atoms with Crippen molar-refractivity contribution in [1.82, 2.24) is 19.7 Å². The van der Waals surface area contributed by atoms with E-state index in [9.17, 15) is 0 Å². The number of nitrogens with zero attached hydrogens (tertiary/aromatic N) is 4. The summed E-state index contributed by atoms with van der Waals surface area (Å²) in [6.07, 6.45) is 1.73. The summed E-state index contributed by atoms with van der Waals surface area (Å²) in [4.78, 5) is 4.39. The number of aromatic nitrogens is 4. The highest BCUT2D eigenvalue weighted by molar-refractivity contribution is 6.32. The second-order valence-corrected chi connectivity index (χ2v) is 5.12. The first-order valence-electron chi connectivity index (χ1n) is 6.54. The molecule has 0 aliphatic heterocycles. The van der Waals surface area contributed by atoms with Crippen molar-refractivity contribution in [1.29, 1.82) is 0 Å². The molecule has 2 N–H and O–H groups in total. The van der Waals surface area contributed by atoms with Crippen LogP contribution in [0.2, 0.25) is 5.02 Å². The molecular weight excluding hydrogens is 302 g/mol. The Morgan fingerprint density at radius 2 is 1.95 bits per heavy atom. The third-order valence-corrected chi connectivity index (χ3v) is 3.67. The fourth-order valence-corrected chi connectivity index (χ4v) is 2.56. The van der Waals surface area contributed by atoms with Crippen LogP contribution in [-0.4, -0.2) is 19.7 Å². The highest BCUT2D eigenvalue weighted by atomic mass is 35.5. The van der Waals surface area contributed by atoms with Crippen LogP contribution in [0.25, 0.3) is 28.2 Å². The van der Waals surface area contributed by atoms with E-state index in [2.05, 4.69) is 15.2 Å². The number of hydrogen-bond acceptors (Lipinski definition) is 5. The van der Waals surface area contributed by atoms with Gasteiger partial charge >= 0.3 is 6.01 Å². The Morgan fingerprint density at radius 3 is 2.73 bits per heavy atom. The zero-order valence-corrected chi connectivity index (χ0v) is 12.0. The molecule has 0 saturated carbocycles. The molecule has 0 unspecified atom stereocenters. The summed E-state index contributed by atoms with van der Waals surface area (Å²) in [5.41, 5.74) is 8.83. The number of nitrogens with two attached hydrogens (primary N) is 1. The lowest BCUT2D eigenvalue weighted by molar-refractivity contribution is 0.590. The molecule has 0 spiro atoms. The number of benzene rings is 2. The topological polar surface area (TPSA) is 82.8 Å². The van der Waals surface area contributed by atoms with Crippen LogP contribution >= 0.6 is 11.6 Å². The molecule has 2 aromatic carbocycles. The van der Waals surface area contributed by atoms with Gasteiger partial charge in [0.05, 0.1) is 21.7 Å². The molecule has 7 heteroatoms. The van der Waals surface area contributed by atoms with E-state index in [1.807, 2.05) is 47.0 Å². The van der Waals surface area contributed by atoms with Crippen molar-refractivity contribution in [3.8, 4) is 17.1 Å². The minimum atomic E-state index is 0.0368. The molecule has 0 bridgehead atoms. The highest BCUT2D eigenvalue weighted by Crippen LogP contribution is 2.27. The van der Waals surface area contributed by atoms with E-state index in [1.165, 1.54) is 0 Å². The predicted octanol–water partition coefficient (Wildman–Crippen LogP) is 3.31. The summed E-state index contributed by atoms with van der Waals surface area (Å²) in [5, 5.41) is 8.22. The number of rotatable bonds is 2. The smallest absolute Gasteiger partial charge is 0.313 e. The average molecular weight is 312 g/mol. The van der Waals surface area contributed by atoms with Gasteiger partial charge in [-0.15, -0.1) is 5.10 Å². The summed E-state index contributed by atoms with van der Waals surface area (Å²) >= 11 is 6.27. The van der Waals surface area contributed by atoms with Crippen molar-refractivity contribution in [2.45, 2.75) is 0 Å². The van der Waals surface area contributed by atoms with Crippen LogP contribution in [0.4, 0.5) is 6.01 Å². The normalized spacial score (nSPS) is 11.1. The van der Waals surface area contributed by atoms with Gasteiger partial charge in [0.15, 0.2) is 0 Å². The maximum absolute atomic E-state index is 6.27. The predicted molar refractivity (Wildman–Crippen MR) is 83.8 cm³/mol. The Hall–Kier alpha value is -2.86. The first-order chi connectivity index (χ1) is 10.7. The molecule has 0 aliphatic rings. The number of imidazole rings is 1. The monoisotopic (exact) mass is 311 g/mol. The van der Waals surface area contributed by atoms with Crippen LogP contribution < -0.4 is 5.73 Å². The number of hydrogen-bond donors (Lipinski definition) is 1. The van der Waals surface area contributed by atoms with Gasteiger partial charge in [0.2, 0.25) is 5.89 Å². The van der Waals surface area contributed by atoms with Crippen molar-refractivity contribution < 1.29 is 4.42 Å². The third kappa shape index (κ3) is 2.01. The van der Waals surface area contributed by atoms with E-state index in [0.717, 1.165) is 22.3 Å². The van der Waals surface area contributed by atoms with Crippen LogP contribution in [0, 0.1) is 0 Å². The van der Waals surface area contributed by atoms with Gasteiger partial charge in [0, 0.05) is 5.56 Å². The number of nitrogen functional groups attached to an aromatic ring is 1. The van der Waals surface area contributed by atoms with E-state index < -0.39 is 0 Å². The van der Waals surface area contributed by atoms with Crippen molar-refractivity contribution in [2.24, 2.45) is 0 Å². The van der Waals surface area contributed by atoms with Gasteiger partial charge < -0.3 is 10.2 Å². The van der Waals surface area contributed by atoms with Crippen LogP contribution in [-0.2, 0) is 0 Å². The number of para-hydroxylation sites is 1. The molecule has 0 fully saturated rings. The Balaban J connectivity index is 1.92. The SMILES string of the molecule is Nc1nnc(-c2ccc3ncn(-c4ccccc4Cl)c3c2)o1. The lowest BCUT2D eigenvalue weighted by Crippen LogP contribution is -1.93. The molecule has 4 rings (SSSR count). The lowest BCUT2D eigenvalue weighted by Gasteiger charge is -2.06. The van der Waals surface area contributed by atoms with E-state index in [1.54, 1.807) is 6.33 Å². The van der Waals surface area contributed by atoms with Gasteiger partial charge in [-0.3, -0.25) is 4.57 Å². The van der Waals surface area contributed by atoms with Crippen molar-refractivity contribution in [3.05, 3.63) is 53.8 Å². The van der Waals surface area contributed by atoms with Crippen LogP contribution in [0.1, 0.15) is 0 Å².